The van der Waals surface area contributed by atoms with Crippen LogP contribution in [-0.4, -0.2) is 36.9 Å². The largest absolute Gasteiger partial charge is 0.355 e. The summed E-state index contributed by atoms with van der Waals surface area (Å²) in [5.74, 6) is 0.199. The number of thioether (sulfide) groups is 1. The average molecular weight is 394 g/mol. The van der Waals surface area contributed by atoms with Crippen molar-refractivity contribution < 1.29 is 4.79 Å². The molecular weight excluding hydrogens is 371 g/mol. The van der Waals surface area contributed by atoms with Crippen molar-refractivity contribution >= 4 is 69.0 Å². The van der Waals surface area contributed by atoms with Crippen molar-refractivity contribution in [1.29, 1.82) is 0 Å². The molecule has 0 spiro atoms. The predicted molar refractivity (Wildman–Crippen MR) is 99.4 cm³/mol. The smallest absolute Gasteiger partial charge is 0.220 e. The summed E-state index contributed by atoms with van der Waals surface area (Å²) in [6.45, 7) is 10.7. The first-order valence-electron chi connectivity index (χ1n) is 6.80. The second kappa shape index (κ2) is 9.66. The molecule has 1 amide bonds. The standard InChI is InChI=1S/C13H23Cl3N2OS2/c1-6-9(4)18(7-8(2)3)12(20)21-11(13(14,15)16)17-10(5)19/h8-9,11H,6-7H2,1-5H3,(H,17,19)/t9-,11-/m0/s1. The highest BCUT2D eigenvalue weighted by atomic mass is 35.6. The number of carbonyl (C=O) groups excluding carboxylic acids is 1. The molecule has 21 heavy (non-hydrogen) atoms. The molecule has 124 valence electrons. The van der Waals surface area contributed by atoms with Crippen molar-refractivity contribution in [3.8, 4) is 0 Å². The van der Waals surface area contributed by atoms with Gasteiger partial charge >= 0.3 is 0 Å². The maximum absolute atomic E-state index is 11.3. The number of alkyl halides is 3. The Hall–Kier alpha value is 0.580. The van der Waals surface area contributed by atoms with Crippen LogP contribution in [0.15, 0.2) is 0 Å². The van der Waals surface area contributed by atoms with Gasteiger partial charge in [-0.15, -0.1) is 0 Å². The Morgan fingerprint density at radius 2 is 1.86 bits per heavy atom. The topological polar surface area (TPSA) is 32.3 Å². The summed E-state index contributed by atoms with van der Waals surface area (Å²) in [5, 5.41) is 1.91. The molecule has 0 fully saturated rings. The van der Waals surface area contributed by atoms with Crippen LogP contribution in [0.5, 0.6) is 0 Å². The molecule has 1 N–H and O–H groups in total. The molecular formula is C13H23Cl3N2OS2. The van der Waals surface area contributed by atoms with Gasteiger partial charge in [0.2, 0.25) is 9.70 Å². The zero-order valence-corrected chi connectivity index (χ0v) is 16.9. The number of nitrogens with one attached hydrogen (secondary N) is 1. The lowest BCUT2D eigenvalue weighted by Gasteiger charge is -2.34. The summed E-state index contributed by atoms with van der Waals surface area (Å²) in [7, 11) is 0. The first-order chi connectivity index (χ1) is 9.48. The van der Waals surface area contributed by atoms with Gasteiger partial charge in [0.15, 0.2) is 0 Å². The second-order valence-corrected chi connectivity index (χ2v) is 9.42. The molecule has 3 nitrogen and oxygen atoms in total. The van der Waals surface area contributed by atoms with Crippen molar-refractivity contribution in [1.82, 2.24) is 10.2 Å². The summed E-state index contributed by atoms with van der Waals surface area (Å²) in [6, 6.07) is 0.292. The molecule has 0 unspecified atom stereocenters. The van der Waals surface area contributed by atoms with Crippen molar-refractivity contribution in [2.45, 2.75) is 56.2 Å². The summed E-state index contributed by atoms with van der Waals surface area (Å²) < 4.78 is -0.998. The molecule has 0 aliphatic rings. The molecule has 0 aliphatic carbocycles. The molecule has 0 rings (SSSR count). The molecule has 8 heteroatoms. The van der Waals surface area contributed by atoms with Gasteiger partial charge < -0.3 is 10.2 Å². The van der Waals surface area contributed by atoms with Crippen LogP contribution < -0.4 is 5.32 Å². The number of nitrogens with zero attached hydrogens (tertiary/aromatic N) is 1. The van der Waals surface area contributed by atoms with Crippen LogP contribution in [0.2, 0.25) is 0 Å². The van der Waals surface area contributed by atoms with E-state index in [0.29, 0.717) is 16.3 Å². The zero-order chi connectivity index (χ0) is 16.8. The number of carbonyl (C=O) groups is 1. The molecule has 0 saturated heterocycles. The quantitative estimate of drug-likeness (QED) is 0.406. The first kappa shape index (κ1) is 21.6. The van der Waals surface area contributed by atoms with Crippen LogP contribution in [0.3, 0.4) is 0 Å². The van der Waals surface area contributed by atoms with E-state index in [4.69, 9.17) is 47.0 Å². The van der Waals surface area contributed by atoms with E-state index in [9.17, 15) is 4.79 Å². The molecule has 0 radical (unpaired) electrons. The lowest BCUT2D eigenvalue weighted by atomic mass is 10.1. The molecule has 0 aromatic carbocycles. The van der Waals surface area contributed by atoms with Gasteiger partial charge in [-0.25, -0.2) is 0 Å². The lowest BCUT2D eigenvalue weighted by Crippen LogP contribution is -2.45. The molecule has 0 aromatic rings. The van der Waals surface area contributed by atoms with Crippen molar-refractivity contribution in [2.24, 2.45) is 5.92 Å². The monoisotopic (exact) mass is 392 g/mol. The maximum Gasteiger partial charge on any atom is 0.220 e. The fourth-order valence-corrected chi connectivity index (χ4v) is 3.64. The highest BCUT2D eigenvalue weighted by Crippen LogP contribution is 2.37. The summed E-state index contributed by atoms with van der Waals surface area (Å²) >= 11 is 24.5. The Morgan fingerprint density at radius 3 is 2.19 bits per heavy atom. The number of hydrogen-bond donors (Lipinski definition) is 1. The minimum absolute atomic E-state index is 0.263. The average Bonchev–Trinajstić information content (AvgIpc) is 2.32. The Kier molecular flexibility index (Phi) is 9.93. The van der Waals surface area contributed by atoms with E-state index in [-0.39, 0.29) is 5.91 Å². The number of thiocarbonyl (C=S) groups is 1. The third-order valence-electron chi connectivity index (χ3n) is 2.77. The van der Waals surface area contributed by atoms with Gasteiger partial charge in [0.25, 0.3) is 0 Å². The SMILES string of the molecule is CC[C@H](C)N(CC(C)C)C(=S)S[C@H](NC(C)=O)C(Cl)(Cl)Cl. The normalized spacial score (nSPS) is 14.7. The predicted octanol–water partition coefficient (Wildman–Crippen LogP) is 4.59. The second-order valence-electron chi connectivity index (χ2n) is 5.31. The lowest BCUT2D eigenvalue weighted by molar-refractivity contribution is -0.119. The van der Waals surface area contributed by atoms with Crippen molar-refractivity contribution in [3.05, 3.63) is 0 Å². The van der Waals surface area contributed by atoms with E-state index < -0.39 is 9.17 Å². The van der Waals surface area contributed by atoms with E-state index in [1.54, 1.807) is 0 Å². The minimum Gasteiger partial charge on any atom is -0.355 e. The molecule has 0 aromatic heterocycles. The van der Waals surface area contributed by atoms with Gasteiger partial charge in [0.05, 0.1) is 0 Å². The fourth-order valence-electron chi connectivity index (χ4n) is 1.58. The van der Waals surface area contributed by atoms with Gasteiger partial charge in [-0.3, -0.25) is 4.79 Å². The van der Waals surface area contributed by atoms with Crippen LogP contribution in [0, 0.1) is 5.92 Å². The Balaban J connectivity index is 5.02. The van der Waals surface area contributed by atoms with Crippen LogP contribution in [-0.2, 0) is 4.79 Å². The van der Waals surface area contributed by atoms with E-state index >= 15 is 0 Å². The van der Waals surface area contributed by atoms with Gasteiger partial charge in [0.1, 0.15) is 9.69 Å². The van der Waals surface area contributed by atoms with Crippen LogP contribution >= 0.6 is 58.8 Å². The van der Waals surface area contributed by atoms with Gasteiger partial charge in [-0.05, 0) is 19.3 Å². The van der Waals surface area contributed by atoms with E-state index in [1.807, 2.05) is 0 Å². The summed E-state index contributed by atoms with van der Waals surface area (Å²) in [6.07, 6.45) is 0.964. The molecule has 0 saturated carbocycles. The molecule has 2 atom stereocenters. The highest BCUT2D eigenvalue weighted by molar-refractivity contribution is 8.23. The Labute approximate surface area is 152 Å². The Morgan fingerprint density at radius 1 is 1.33 bits per heavy atom. The molecule has 0 heterocycles. The van der Waals surface area contributed by atoms with E-state index in [1.165, 1.54) is 18.7 Å². The van der Waals surface area contributed by atoms with E-state index in [0.717, 1.165) is 13.0 Å². The third-order valence-corrected chi connectivity index (χ3v) is 5.48. The van der Waals surface area contributed by atoms with E-state index in [2.05, 4.69) is 37.9 Å². The van der Waals surface area contributed by atoms with Gasteiger partial charge in [-0.2, -0.15) is 0 Å². The fraction of sp³-hybridized carbons (Fsp3) is 0.846. The number of halogens is 3. The minimum atomic E-state index is -1.63. The van der Waals surface area contributed by atoms with Gasteiger partial charge in [-0.1, -0.05) is 79.6 Å². The molecule has 0 bridgehead atoms. The van der Waals surface area contributed by atoms with Crippen LogP contribution in [0.1, 0.15) is 41.0 Å². The summed E-state index contributed by atoms with van der Waals surface area (Å²) in [5.41, 5.74) is 0. The molecule has 0 aliphatic heterocycles. The summed E-state index contributed by atoms with van der Waals surface area (Å²) in [4.78, 5) is 13.4. The van der Waals surface area contributed by atoms with Gasteiger partial charge in [0, 0.05) is 19.5 Å². The van der Waals surface area contributed by atoms with Crippen molar-refractivity contribution in [3.63, 3.8) is 0 Å². The van der Waals surface area contributed by atoms with Crippen molar-refractivity contribution in [2.75, 3.05) is 6.54 Å². The zero-order valence-electron chi connectivity index (χ0n) is 13.0. The number of rotatable bonds is 6. The van der Waals surface area contributed by atoms with Crippen LogP contribution in [0.4, 0.5) is 0 Å². The maximum atomic E-state index is 11.3. The number of amides is 1. The third kappa shape index (κ3) is 8.70. The number of hydrogen-bond acceptors (Lipinski definition) is 3. The van der Waals surface area contributed by atoms with Crippen LogP contribution in [0.25, 0.3) is 0 Å². The first-order valence-corrected chi connectivity index (χ1v) is 9.22. The highest BCUT2D eigenvalue weighted by Gasteiger charge is 2.36. The Bertz CT molecular complexity index is 362.